The van der Waals surface area contributed by atoms with Gasteiger partial charge in [0.05, 0.1) is 6.04 Å². The molecule has 1 aromatic heterocycles. The van der Waals surface area contributed by atoms with Gasteiger partial charge < -0.3 is 30.3 Å². The van der Waals surface area contributed by atoms with Crippen molar-refractivity contribution in [2.24, 2.45) is 5.92 Å². The highest BCUT2D eigenvalue weighted by molar-refractivity contribution is 5.90. The van der Waals surface area contributed by atoms with Crippen molar-refractivity contribution in [1.82, 2.24) is 34.9 Å². The maximum atomic E-state index is 12.9. The minimum absolute atomic E-state index is 0.0551. The molecule has 0 atom stereocenters. The number of carboxylic acid groups (broad SMARTS) is 1. The molecule has 2 aliphatic heterocycles. The van der Waals surface area contributed by atoms with E-state index in [1.165, 1.54) is 23.6 Å². The first-order valence-electron chi connectivity index (χ1n) is 15.3. The summed E-state index contributed by atoms with van der Waals surface area (Å²) in [5, 5.41) is 16.8. The minimum Gasteiger partial charge on any atom is -0.465 e. The van der Waals surface area contributed by atoms with Crippen LogP contribution in [0, 0.1) is 5.92 Å². The number of urea groups is 1. The summed E-state index contributed by atoms with van der Waals surface area (Å²) in [6.45, 7) is 12.2. The number of carbonyl (C=O) groups excluding carboxylic acids is 3. The topological polar surface area (TPSA) is 178 Å². The van der Waals surface area contributed by atoms with Gasteiger partial charge in [-0.15, -0.1) is 0 Å². The number of anilines is 1. The van der Waals surface area contributed by atoms with E-state index in [9.17, 15) is 24.0 Å². The van der Waals surface area contributed by atoms with Gasteiger partial charge >= 0.3 is 23.9 Å². The van der Waals surface area contributed by atoms with Crippen LogP contribution in [0.4, 0.5) is 20.2 Å². The van der Waals surface area contributed by atoms with Crippen molar-refractivity contribution in [2.75, 3.05) is 51.1 Å². The van der Waals surface area contributed by atoms with E-state index in [0.717, 1.165) is 45.3 Å². The molecule has 3 aliphatic rings. The monoisotopic (exact) mass is 618 g/mol. The average molecular weight is 619 g/mol. The molecule has 1 saturated carbocycles. The van der Waals surface area contributed by atoms with Crippen LogP contribution in [0.2, 0.25) is 0 Å². The number of piperazine rings is 1. The quantitative estimate of drug-likeness (QED) is 0.355. The van der Waals surface area contributed by atoms with Crippen molar-refractivity contribution in [3.8, 4) is 0 Å². The molecule has 3 fully saturated rings. The lowest BCUT2D eigenvalue weighted by Gasteiger charge is -2.42. The average Bonchev–Trinajstić information content (AvgIpc) is 2.90. The Morgan fingerprint density at radius 2 is 1.59 bits per heavy atom. The molecule has 15 nitrogen and oxygen atoms in total. The van der Waals surface area contributed by atoms with Crippen LogP contribution in [-0.4, -0.2) is 116 Å². The van der Waals surface area contributed by atoms with Crippen LogP contribution in [0.15, 0.2) is 17.1 Å². The van der Waals surface area contributed by atoms with Gasteiger partial charge in [0.25, 0.3) is 0 Å². The zero-order valence-corrected chi connectivity index (χ0v) is 26.3. The van der Waals surface area contributed by atoms with E-state index in [-0.39, 0.29) is 56.1 Å². The van der Waals surface area contributed by atoms with Gasteiger partial charge in [0.1, 0.15) is 17.0 Å². The summed E-state index contributed by atoms with van der Waals surface area (Å²) in [5.74, 6) is 0.342. The van der Waals surface area contributed by atoms with E-state index >= 15 is 0 Å². The molecule has 1 aliphatic carbocycles. The number of nitrogens with one attached hydrogen (secondary N) is 3. The molecular weight excluding hydrogens is 572 g/mol. The largest absolute Gasteiger partial charge is 0.465 e. The van der Waals surface area contributed by atoms with Crippen molar-refractivity contribution < 1.29 is 29.0 Å². The summed E-state index contributed by atoms with van der Waals surface area (Å²) in [5.41, 5.74) is -2.20. The fourth-order valence-corrected chi connectivity index (χ4v) is 6.03. The van der Waals surface area contributed by atoms with E-state index in [1.54, 1.807) is 16.8 Å². The Labute approximate surface area is 257 Å². The van der Waals surface area contributed by atoms with Gasteiger partial charge in [-0.3, -0.25) is 19.6 Å². The molecule has 5 amide bonds. The van der Waals surface area contributed by atoms with Crippen molar-refractivity contribution in [1.29, 1.82) is 0 Å². The lowest BCUT2D eigenvalue weighted by atomic mass is 9.85. The first-order chi connectivity index (χ1) is 20.6. The second kappa shape index (κ2) is 13.4. The van der Waals surface area contributed by atoms with E-state index in [4.69, 9.17) is 9.84 Å². The van der Waals surface area contributed by atoms with Crippen molar-refractivity contribution >= 4 is 29.9 Å². The second-order valence-electron chi connectivity index (χ2n) is 13.5. The number of carbonyl (C=O) groups is 4. The fourth-order valence-electron chi connectivity index (χ4n) is 6.03. The molecule has 4 rings (SSSR count). The van der Waals surface area contributed by atoms with E-state index in [0.29, 0.717) is 5.92 Å². The summed E-state index contributed by atoms with van der Waals surface area (Å²) >= 11 is 0. The van der Waals surface area contributed by atoms with E-state index in [2.05, 4.69) is 25.8 Å². The molecule has 3 heterocycles. The molecule has 0 aromatic carbocycles. The number of ether oxygens (including phenoxy) is 1. The minimum atomic E-state index is -1.28. The predicted octanol–water partition coefficient (Wildman–Crippen LogP) is 1.91. The normalized spacial score (nSPS) is 21.7. The van der Waals surface area contributed by atoms with Crippen molar-refractivity contribution in [2.45, 2.75) is 83.5 Å². The molecule has 0 bridgehead atoms. The van der Waals surface area contributed by atoms with Crippen LogP contribution < -0.4 is 21.6 Å². The molecule has 1 aromatic rings. The third-order valence-corrected chi connectivity index (χ3v) is 8.28. The summed E-state index contributed by atoms with van der Waals surface area (Å²) in [7, 11) is 0. The zero-order valence-electron chi connectivity index (χ0n) is 26.3. The second-order valence-corrected chi connectivity index (χ2v) is 13.5. The van der Waals surface area contributed by atoms with Crippen molar-refractivity contribution in [3.05, 3.63) is 22.7 Å². The van der Waals surface area contributed by atoms with E-state index in [1.807, 2.05) is 20.8 Å². The highest BCUT2D eigenvalue weighted by Crippen LogP contribution is 2.32. The zero-order chi connectivity index (χ0) is 32.2. The third kappa shape index (κ3) is 8.83. The number of likely N-dealkylation sites (tertiary alicyclic amines) is 1. The first-order valence-corrected chi connectivity index (χ1v) is 15.3. The molecule has 0 radical (unpaired) electrons. The van der Waals surface area contributed by atoms with Gasteiger partial charge in [0.2, 0.25) is 5.91 Å². The summed E-state index contributed by atoms with van der Waals surface area (Å²) in [6, 6.07) is 1.38. The highest BCUT2D eigenvalue weighted by Gasteiger charge is 2.36. The van der Waals surface area contributed by atoms with E-state index < -0.39 is 29.0 Å². The van der Waals surface area contributed by atoms with Crippen LogP contribution in [0.25, 0.3) is 0 Å². The standard InChI is InChI=1S/C29H46N8O7/c1-28(2,3)44-27(43)30-20-17-34(18-20)16-19-6-8-21(9-7-19)37-11-10-22(32-25(37)40)31-24(39)36-14-12-35(13-15-36)23(38)29(4,5)33-26(41)42/h10-11,19-21,33H,6-9,12-18H2,1-5H3,(H,30,43)(H,41,42)(H,31,32,39,40). The lowest BCUT2D eigenvalue weighted by molar-refractivity contribution is -0.138. The number of alkyl carbamates (subject to hydrolysis) is 1. The molecule has 0 spiro atoms. The number of hydrogen-bond donors (Lipinski definition) is 4. The number of hydrogen-bond acceptors (Lipinski definition) is 8. The van der Waals surface area contributed by atoms with Gasteiger partial charge in [-0.25, -0.2) is 19.2 Å². The molecular formula is C29H46N8O7. The molecule has 0 unspecified atom stereocenters. The van der Waals surface area contributed by atoms with Crippen molar-refractivity contribution in [3.63, 3.8) is 0 Å². The Balaban J connectivity index is 1.18. The number of nitrogens with zero attached hydrogens (tertiary/aromatic N) is 5. The number of rotatable bonds is 7. The van der Waals surface area contributed by atoms with Crippen LogP contribution in [-0.2, 0) is 9.53 Å². The Morgan fingerprint density at radius 1 is 0.977 bits per heavy atom. The number of aromatic nitrogens is 2. The summed E-state index contributed by atoms with van der Waals surface area (Å²) in [6.07, 6.45) is 3.75. The van der Waals surface area contributed by atoms with Gasteiger partial charge in [0, 0.05) is 58.1 Å². The number of amides is 5. The maximum Gasteiger partial charge on any atom is 0.407 e. The molecule has 2 saturated heterocycles. The molecule has 4 N–H and O–H groups in total. The van der Waals surface area contributed by atoms with Gasteiger partial charge in [-0.1, -0.05) is 0 Å². The Bertz CT molecular complexity index is 1270. The van der Waals surface area contributed by atoms with Crippen LogP contribution >= 0.6 is 0 Å². The summed E-state index contributed by atoms with van der Waals surface area (Å²) in [4.78, 5) is 70.8. The SMILES string of the molecule is CC(C)(C)OC(=O)NC1CN(CC2CCC(n3ccc(NC(=O)N4CCN(C(=O)C(C)(C)NC(=O)O)CC4)nc3=O)CC2)C1. The molecule has 44 heavy (non-hydrogen) atoms. The highest BCUT2D eigenvalue weighted by atomic mass is 16.6. The smallest absolute Gasteiger partial charge is 0.407 e. The first kappa shape index (κ1) is 33.0. The maximum absolute atomic E-state index is 12.9. The van der Waals surface area contributed by atoms with Crippen LogP contribution in [0.5, 0.6) is 0 Å². The third-order valence-electron chi connectivity index (χ3n) is 8.28. The lowest BCUT2D eigenvalue weighted by Crippen LogP contribution is -2.60. The van der Waals surface area contributed by atoms with Gasteiger partial charge in [-0.05, 0) is 72.3 Å². The van der Waals surface area contributed by atoms with Gasteiger partial charge in [0.15, 0.2) is 0 Å². The fraction of sp³-hybridized carbons (Fsp3) is 0.724. The Kier molecular flexibility index (Phi) is 10.1. The van der Waals surface area contributed by atoms with Crippen LogP contribution in [0.3, 0.4) is 0 Å². The molecule has 244 valence electrons. The van der Waals surface area contributed by atoms with Gasteiger partial charge in [-0.2, -0.15) is 4.98 Å². The summed E-state index contributed by atoms with van der Waals surface area (Å²) < 4.78 is 6.97. The molecule has 15 heteroatoms. The predicted molar refractivity (Wildman–Crippen MR) is 162 cm³/mol. The Hall–Kier alpha value is -3.88. The Morgan fingerprint density at radius 3 is 2.16 bits per heavy atom. The van der Waals surface area contributed by atoms with Crippen LogP contribution in [0.1, 0.15) is 66.3 Å².